The van der Waals surface area contributed by atoms with E-state index >= 15 is 0 Å². The lowest BCUT2D eigenvalue weighted by Gasteiger charge is -1.96. The molecular formula is C9H5Br2NO. The molecule has 1 aromatic heterocycles. The van der Waals surface area contributed by atoms with Gasteiger partial charge in [-0.2, -0.15) is 0 Å². The fraction of sp³-hybridized carbons (Fsp3) is 0. The first-order valence-electron chi connectivity index (χ1n) is 3.63. The number of rotatable bonds is 1. The van der Waals surface area contributed by atoms with E-state index in [0.717, 1.165) is 26.1 Å². The highest BCUT2D eigenvalue weighted by atomic mass is 79.9. The zero-order valence-electron chi connectivity index (χ0n) is 6.47. The zero-order chi connectivity index (χ0) is 9.42. The third kappa shape index (κ3) is 1.44. The molecule has 0 aliphatic rings. The van der Waals surface area contributed by atoms with Crippen LogP contribution in [0.25, 0.3) is 10.9 Å². The van der Waals surface area contributed by atoms with E-state index in [9.17, 15) is 4.79 Å². The number of aromatic nitrogens is 1. The smallest absolute Gasteiger partial charge is 0.152 e. The first-order chi connectivity index (χ1) is 6.22. The summed E-state index contributed by atoms with van der Waals surface area (Å²) < 4.78 is 1.92. The van der Waals surface area contributed by atoms with Crippen molar-refractivity contribution >= 4 is 49.0 Å². The average Bonchev–Trinajstić information content (AvgIpc) is 2.48. The molecule has 0 bridgehead atoms. The average molecular weight is 303 g/mol. The maximum atomic E-state index is 10.6. The third-order valence-corrected chi connectivity index (χ3v) is 3.73. The van der Waals surface area contributed by atoms with Gasteiger partial charge in [-0.3, -0.25) is 4.79 Å². The summed E-state index contributed by atoms with van der Waals surface area (Å²) in [6, 6.07) is 3.85. The van der Waals surface area contributed by atoms with Crippen molar-refractivity contribution in [2.24, 2.45) is 0 Å². The second kappa shape index (κ2) is 3.27. The highest BCUT2D eigenvalue weighted by Gasteiger charge is 2.05. The number of halogens is 2. The van der Waals surface area contributed by atoms with Crippen LogP contribution in [0.1, 0.15) is 10.4 Å². The molecule has 0 saturated carbocycles. The van der Waals surface area contributed by atoms with Gasteiger partial charge >= 0.3 is 0 Å². The Labute approximate surface area is 91.6 Å². The van der Waals surface area contributed by atoms with Crippen molar-refractivity contribution in [3.05, 3.63) is 32.8 Å². The number of H-pyrrole nitrogens is 1. The number of carbonyl (C=O) groups is 1. The fourth-order valence-corrected chi connectivity index (χ4v) is 1.92. The van der Waals surface area contributed by atoms with Crippen molar-refractivity contribution in [3.63, 3.8) is 0 Å². The number of nitrogens with one attached hydrogen (secondary N) is 1. The van der Waals surface area contributed by atoms with Gasteiger partial charge < -0.3 is 4.98 Å². The van der Waals surface area contributed by atoms with Crippen LogP contribution in [0.3, 0.4) is 0 Å². The molecule has 4 heteroatoms. The minimum atomic E-state index is 0.684. The van der Waals surface area contributed by atoms with Gasteiger partial charge in [0.2, 0.25) is 0 Å². The van der Waals surface area contributed by atoms with E-state index in [2.05, 4.69) is 36.8 Å². The minimum Gasteiger partial charge on any atom is -0.360 e. The van der Waals surface area contributed by atoms with E-state index in [1.165, 1.54) is 0 Å². The van der Waals surface area contributed by atoms with Gasteiger partial charge in [-0.1, -0.05) is 0 Å². The minimum absolute atomic E-state index is 0.684. The number of carbonyl (C=O) groups excluding carboxylic acids is 1. The topological polar surface area (TPSA) is 32.9 Å². The first-order valence-corrected chi connectivity index (χ1v) is 5.22. The van der Waals surface area contributed by atoms with Gasteiger partial charge in [-0.15, -0.1) is 0 Å². The third-order valence-electron chi connectivity index (χ3n) is 1.88. The molecule has 1 N–H and O–H groups in total. The Kier molecular flexibility index (Phi) is 2.26. The van der Waals surface area contributed by atoms with Crippen LogP contribution >= 0.6 is 31.9 Å². The second-order valence-corrected chi connectivity index (χ2v) is 4.38. The predicted octanol–water partition coefficient (Wildman–Crippen LogP) is 3.51. The highest BCUT2D eigenvalue weighted by molar-refractivity contribution is 9.13. The predicted molar refractivity (Wildman–Crippen MR) is 59.1 cm³/mol. The normalized spacial score (nSPS) is 10.6. The molecule has 66 valence electrons. The molecule has 0 spiro atoms. The van der Waals surface area contributed by atoms with E-state index in [1.54, 1.807) is 6.20 Å². The molecule has 0 unspecified atom stereocenters. The Hall–Kier alpha value is -0.610. The van der Waals surface area contributed by atoms with Crippen LogP contribution in [0.15, 0.2) is 27.3 Å². The van der Waals surface area contributed by atoms with Crippen LogP contribution in [-0.4, -0.2) is 11.3 Å². The Morgan fingerprint density at radius 1 is 1.23 bits per heavy atom. The molecule has 2 aromatic rings. The largest absolute Gasteiger partial charge is 0.360 e. The van der Waals surface area contributed by atoms with E-state index < -0.39 is 0 Å². The molecule has 0 saturated heterocycles. The van der Waals surface area contributed by atoms with Crippen molar-refractivity contribution in [1.82, 2.24) is 4.98 Å². The highest BCUT2D eigenvalue weighted by Crippen LogP contribution is 2.29. The molecule has 1 aromatic carbocycles. The summed E-state index contributed by atoms with van der Waals surface area (Å²) >= 11 is 6.78. The molecule has 2 rings (SSSR count). The molecule has 0 radical (unpaired) electrons. The van der Waals surface area contributed by atoms with E-state index in [4.69, 9.17) is 0 Å². The van der Waals surface area contributed by atoms with Crippen LogP contribution in [0, 0.1) is 0 Å². The molecule has 13 heavy (non-hydrogen) atoms. The molecular weight excluding hydrogens is 298 g/mol. The molecule has 0 aliphatic heterocycles. The summed E-state index contributed by atoms with van der Waals surface area (Å²) in [5.41, 5.74) is 1.64. The van der Waals surface area contributed by atoms with Gasteiger partial charge in [0.25, 0.3) is 0 Å². The molecule has 0 amide bonds. The number of fused-ring (bicyclic) bond motifs is 1. The van der Waals surface area contributed by atoms with E-state index in [0.29, 0.717) is 5.56 Å². The zero-order valence-corrected chi connectivity index (χ0v) is 9.65. The molecule has 1 heterocycles. The number of aldehydes is 1. The maximum Gasteiger partial charge on any atom is 0.152 e. The van der Waals surface area contributed by atoms with Crippen molar-refractivity contribution in [2.75, 3.05) is 0 Å². The maximum absolute atomic E-state index is 10.6. The Bertz CT molecular complexity index is 476. The SMILES string of the molecule is O=Cc1c[nH]c2cc(Br)c(Br)cc12. The summed E-state index contributed by atoms with van der Waals surface area (Å²) in [7, 11) is 0. The Morgan fingerprint density at radius 2 is 1.92 bits per heavy atom. The van der Waals surface area contributed by atoms with Crippen molar-refractivity contribution in [3.8, 4) is 0 Å². The van der Waals surface area contributed by atoms with Crippen LogP contribution in [0.4, 0.5) is 0 Å². The lowest BCUT2D eigenvalue weighted by molar-refractivity contribution is 0.112. The van der Waals surface area contributed by atoms with Crippen LogP contribution in [0.2, 0.25) is 0 Å². The van der Waals surface area contributed by atoms with Gasteiger partial charge in [0.05, 0.1) is 0 Å². The Morgan fingerprint density at radius 3 is 2.62 bits per heavy atom. The number of aromatic amines is 1. The van der Waals surface area contributed by atoms with E-state index in [1.807, 2.05) is 12.1 Å². The van der Waals surface area contributed by atoms with Crippen molar-refractivity contribution in [1.29, 1.82) is 0 Å². The van der Waals surface area contributed by atoms with Gasteiger partial charge in [0, 0.05) is 31.6 Å². The van der Waals surface area contributed by atoms with Gasteiger partial charge in [0.15, 0.2) is 6.29 Å². The fourth-order valence-electron chi connectivity index (χ4n) is 1.24. The summed E-state index contributed by atoms with van der Waals surface area (Å²) in [6.07, 6.45) is 2.55. The summed E-state index contributed by atoms with van der Waals surface area (Å²) in [5, 5.41) is 0.935. The van der Waals surface area contributed by atoms with Gasteiger partial charge in [0.1, 0.15) is 0 Å². The summed E-state index contributed by atoms with van der Waals surface area (Å²) in [5.74, 6) is 0. The summed E-state index contributed by atoms with van der Waals surface area (Å²) in [4.78, 5) is 13.7. The summed E-state index contributed by atoms with van der Waals surface area (Å²) in [6.45, 7) is 0. The molecule has 0 atom stereocenters. The quantitative estimate of drug-likeness (QED) is 0.804. The second-order valence-electron chi connectivity index (χ2n) is 2.67. The van der Waals surface area contributed by atoms with Gasteiger partial charge in [-0.05, 0) is 44.0 Å². The number of benzene rings is 1. The number of hydrogen-bond acceptors (Lipinski definition) is 1. The van der Waals surface area contributed by atoms with Gasteiger partial charge in [-0.25, -0.2) is 0 Å². The molecule has 0 fully saturated rings. The van der Waals surface area contributed by atoms with Crippen LogP contribution in [-0.2, 0) is 0 Å². The van der Waals surface area contributed by atoms with E-state index in [-0.39, 0.29) is 0 Å². The van der Waals surface area contributed by atoms with Crippen molar-refractivity contribution in [2.45, 2.75) is 0 Å². The lowest BCUT2D eigenvalue weighted by atomic mass is 10.2. The number of hydrogen-bond donors (Lipinski definition) is 1. The molecule has 0 aliphatic carbocycles. The van der Waals surface area contributed by atoms with Crippen LogP contribution < -0.4 is 0 Å². The Balaban J connectivity index is 2.84. The standard InChI is InChI=1S/C9H5Br2NO/c10-7-1-6-5(4-13)3-12-9(6)2-8(7)11/h1-4,12H. The lowest BCUT2D eigenvalue weighted by Crippen LogP contribution is -1.76. The van der Waals surface area contributed by atoms with Crippen molar-refractivity contribution < 1.29 is 4.79 Å². The van der Waals surface area contributed by atoms with Crippen LogP contribution in [0.5, 0.6) is 0 Å². The first kappa shape index (κ1) is 8.97. The molecule has 2 nitrogen and oxygen atoms in total. The monoisotopic (exact) mass is 301 g/mol.